The molecule has 0 radical (unpaired) electrons. The summed E-state index contributed by atoms with van der Waals surface area (Å²) >= 11 is 2.32. The Kier molecular flexibility index (Phi) is 4.17. The number of alkyl halides is 1. The van der Waals surface area contributed by atoms with Crippen molar-refractivity contribution in [3.05, 3.63) is 35.9 Å². The van der Waals surface area contributed by atoms with E-state index in [0.717, 1.165) is 16.4 Å². The Balaban J connectivity index is 1.83. The van der Waals surface area contributed by atoms with Crippen LogP contribution in [0.3, 0.4) is 0 Å². The number of hydrogen-bond acceptors (Lipinski definition) is 2. The van der Waals surface area contributed by atoms with Crippen molar-refractivity contribution in [3.8, 4) is 0 Å². The summed E-state index contributed by atoms with van der Waals surface area (Å²) in [6.45, 7) is 0.477. The number of β-lactam (4-membered cyclic amide) rings is 1. The first-order chi connectivity index (χ1) is 7.81. The number of hydrogen-bond donors (Lipinski definition) is 0. The van der Waals surface area contributed by atoms with Crippen LogP contribution in [-0.4, -0.2) is 21.4 Å². The molecule has 0 N–H and O–H groups in total. The second-order valence-corrected chi connectivity index (χ2v) is 4.89. The van der Waals surface area contributed by atoms with Gasteiger partial charge in [-0.15, -0.1) is 0 Å². The fourth-order valence-electron chi connectivity index (χ4n) is 1.71. The molecule has 0 bridgehead atoms. The van der Waals surface area contributed by atoms with Gasteiger partial charge in [-0.1, -0.05) is 52.9 Å². The molecule has 0 aliphatic carbocycles. The minimum Gasteiger partial charge on any atom is -0.272 e. The van der Waals surface area contributed by atoms with Crippen LogP contribution in [0.2, 0.25) is 0 Å². The zero-order valence-corrected chi connectivity index (χ0v) is 11.1. The van der Waals surface area contributed by atoms with Crippen molar-refractivity contribution in [2.75, 3.05) is 4.43 Å². The lowest BCUT2D eigenvalue weighted by molar-refractivity contribution is -0.233. The molecule has 4 heteroatoms. The summed E-state index contributed by atoms with van der Waals surface area (Å²) in [5.41, 5.74) is 1.09. The molecule has 1 aliphatic heterocycles. The van der Waals surface area contributed by atoms with E-state index in [4.69, 9.17) is 4.84 Å². The number of benzene rings is 1. The van der Waals surface area contributed by atoms with Gasteiger partial charge in [0.1, 0.15) is 6.61 Å². The predicted octanol–water partition coefficient (Wildman–Crippen LogP) is 2.54. The third-order valence-electron chi connectivity index (χ3n) is 2.64. The second-order valence-electron chi connectivity index (χ2n) is 3.81. The van der Waals surface area contributed by atoms with Gasteiger partial charge in [-0.2, -0.15) is 0 Å². The lowest BCUT2D eigenvalue weighted by Gasteiger charge is -2.38. The normalized spacial score (nSPS) is 19.7. The largest absolute Gasteiger partial charge is 0.272 e. The highest BCUT2D eigenvalue weighted by Crippen LogP contribution is 2.24. The van der Waals surface area contributed by atoms with Gasteiger partial charge in [0.2, 0.25) is 5.91 Å². The minimum atomic E-state index is 0.103. The van der Waals surface area contributed by atoms with E-state index >= 15 is 0 Å². The maximum atomic E-state index is 11.3. The van der Waals surface area contributed by atoms with Crippen LogP contribution in [0.1, 0.15) is 18.4 Å². The lowest BCUT2D eigenvalue weighted by Crippen LogP contribution is -2.52. The minimum absolute atomic E-state index is 0.103. The summed E-state index contributed by atoms with van der Waals surface area (Å²) in [6, 6.07) is 10.2. The molecule has 1 amide bonds. The Morgan fingerprint density at radius 1 is 1.38 bits per heavy atom. The van der Waals surface area contributed by atoms with Crippen molar-refractivity contribution in [1.29, 1.82) is 0 Å². The molecule has 0 saturated carbocycles. The molecule has 1 heterocycles. The molecule has 1 fully saturated rings. The van der Waals surface area contributed by atoms with Crippen molar-refractivity contribution in [2.24, 2.45) is 0 Å². The molecule has 0 spiro atoms. The van der Waals surface area contributed by atoms with Crippen molar-refractivity contribution in [3.63, 3.8) is 0 Å². The molecule has 1 saturated heterocycles. The molecule has 0 aromatic heterocycles. The molecule has 16 heavy (non-hydrogen) atoms. The van der Waals surface area contributed by atoms with Crippen molar-refractivity contribution in [2.45, 2.75) is 25.5 Å². The maximum Gasteiger partial charge on any atom is 0.248 e. The molecule has 86 valence electrons. The van der Waals surface area contributed by atoms with E-state index in [1.165, 1.54) is 5.06 Å². The SMILES string of the molecule is O=C1CC(CCI)N1OCc1ccccc1. The van der Waals surface area contributed by atoms with E-state index in [-0.39, 0.29) is 11.9 Å². The fraction of sp³-hybridized carbons (Fsp3) is 0.417. The van der Waals surface area contributed by atoms with Gasteiger partial charge in [0.25, 0.3) is 0 Å². The third-order valence-corrected chi connectivity index (χ3v) is 3.27. The van der Waals surface area contributed by atoms with Gasteiger partial charge in [-0.05, 0) is 12.0 Å². The molecule has 2 rings (SSSR count). The maximum absolute atomic E-state index is 11.3. The van der Waals surface area contributed by atoms with Gasteiger partial charge in [0.15, 0.2) is 0 Å². The monoisotopic (exact) mass is 331 g/mol. The van der Waals surface area contributed by atoms with Crippen LogP contribution in [0.4, 0.5) is 0 Å². The van der Waals surface area contributed by atoms with E-state index in [0.29, 0.717) is 13.0 Å². The first kappa shape index (κ1) is 11.9. The Hall–Kier alpha value is -0.620. The van der Waals surface area contributed by atoms with Crippen LogP contribution in [0.15, 0.2) is 30.3 Å². The van der Waals surface area contributed by atoms with Crippen LogP contribution in [0.5, 0.6) is 0 Å². The van der Waals surface area contributed by atoms with E-state index in [1.807, 2.05) is 30.3 Å². The Morgan fingerprint density at radius 3 is 2.75 bits per heavy atom. The van der Waals surface area contributed by atoms with E-state index in [9.17, 15) is 4.79 Å². The summed E-state index contributed by atoms with van der Waals surface area (Å²) in [5, 5.41) is 1.53. The summed E-state index contributed by atoms with van der Waals surface area (Å²) < 4.78 is 1.06. The van der Waals surface area contributed by atoms with E-state index < -0.39 is 0 Å². The topological polar surface area (TPSA) is 29.5 Å². The molecule has 1 aliphatic rings. The average molecular weight is 331 g/mol. The van der Waals surface area contributed by atoms with E-state index in [1.54, 1.807) is 0 Å². The second kappa shape index (κ2) is 5.63. The zero-order chi connectivity index (χ0) is 11.4. The molecule has 1 atom stereocenters. The standard InChI is InChI=1S/C12H14INO2/c13-7-6-11-8-12(15)14(11)16-9-10-4-2-1-3-5-10/h1-5,11H,6-9H2. The number of hydroxylamine groups is 2. The molecule has 1 aromatic carbocycles. The van der Waals surface area contributed by atoms with Crippen LogP contribution in [0.25, 0.3) is 0 Å². The van der Waals surface area contributed by atoms with Gasteiger partial charge in [0, 0.05) is 4.43 Å². The van der Waals surface area contributed by atoms with Gasteiger partial charge < -0.3 is 0 Å². The molecular formula is C12H14INO2. The van der Waals surface area contributed by atoms with Gasteiger partial charge in [-0.3, -0.25) is 9.63 Å². The average Bonchev–Trinajstić information content (AvgIpc) is 2.30. The van der Waals surface area contributed by atoms with Gasteiger partial charge >= 0.3 is 0 Å². The molecule has 1 aromatic rings. The highest BCUT2D eigenvalue weighted by molar-refractivity contribution is 14.1. The third kappa shape index (κ3) is 2.74. The molecule has 1 unspecified atom stereocenters. The number of rotatable bonds is 5. The Labute approximate surface area is 109 Å². The zero-order valence-electron chi connectivity index (χ0n) is 8.93. The summed E-state index contributed by atoms with van der Waals surface area (Å²) in [5.74, 6) is 0.103. The van der Waals surface area contributed by atoms with Crippen LogP contribution >= 0.6 is 22.6 Å². The Morgan fingerprint density at radius 2 is 2.12 bits per heavy atom. The molecule has 3 nitrogen and oxygen atoms in total. The van der Waals surface area contributed by atoms with Crippen LogP contribution in [-0.2, 0) is 16.2 Å². The lowest BCUT2D eigenvalue weighted by atomic mass is 10.0. The number of carbonyl (C=O) groups is 1. The van der Waals surface area contributed by atoms with Crippen LogP contribution < -0.4 is 0 Å². The quantitative estimate of drug-likeness (QED) is 0.471. The first-order valence-electron chi connectivity index (χ1n) is 5.36. The number of amides is 1. The highest BCUT2D eigenvalue weighted by atomic mass is 127. The van der Waals surface area contributed by atoms with Crippen molar-refractivity contribution in [1.82, 2.24) is 5.06 Å². The van der Waals surface area contributed by atoms with E-state index in [2.05, 4.69) is 22.6 Å². The summed E-state index contributed by atoms with van der Waals surface area (Å²) in [4.78, 5) is 16.9. The first-order valence-corrected chi connectivity index (χ1v) is 6.88. The highest BCUT2D eigenvalue weighted by Gasteiger charge is 2.36. The summed E-state index contributed by atoms with van der Waals surface area (Å²) in [6.07, 6.45) is 1.65. The van der Waals surface area contributed by atoms with Crippen LogP contribution in [0, 0.1) is 0 Å². The number of nitrogens with zero attached hydrogens (tertiary/aromatic N) is 1. The fourth-order valence-corrected chi connectivity index (χ4v) is 2.43. The predicted molar refractivity (Wildman–Crippen MR) is 70.0 cm³/mol. The number of carbonyl (C=O) groups excluding carboxylic acids is 1. The van der Waals surface area contributed by atoms with Gasteiger partial charge in [-0.25, -0.2) is 5.06 Å². The van der Waals surface area contributed by atoms with Gasteiger partial charge in [0.05, 0.1) is 12.5 Å². The summed E-state index contributed by atoms with van der Waals surface area (Å²) in [7, 11) is 0. The van der Waals surface area contributed by atoms with Crippen molar-refractivity contribution < 1.29 is 9.63 Å². The smallest absolute Gasteiger partial charge is 0.248 e. The van der Waals surface area contributed by atoms with Crippen molar-refractivity contribution >= 4 is 28.5 Å². The molecular weight excluding hydrogens is 317 g/mol. The Bertz CT molecular complexity index is 355. The number of halogens is 1.